The summed E-state index contributed by atoms with van der Waals surface area (Å²) in [4.78, 5) is 0. The summed E-state index contributed by atoms with van der Waals surface area (Å²) in [5, 5.41) is 4.70. The van der Waals surface area contributed by atoms with E-state index in [0.29, 0.717) is 5.54 Å². The Morgan fingerprint density at radius 1 is 0.700 bits per heavy atom. The van der Waals surface area contributed by atoms with Crippen LogP contribution in [0.3, 0.4) is 0 Å². The lowest BCUT2D eigenvalue weighted by Crippen LogP contribution is -2.34. The first-order valence-corrected chi connectivity index (χ1v) is 9.44. The smallest absolute Gasteiger partial charge is 0.0353 e. The molecule has 1 heteroatoms. The molecule has 0 N–H and O–H groups in total. The van der Waals surface area contributed by atoms with Gasteiger partial charge in [0.1, 0.15) is 0 Å². The van der Waals surface area contributed by atoms with E-state index in [0.717, 1.165) is 0 Å². The molecule has 1 aliphatic rings. The topological polar surface area (TPSA) is 14.1 Å². The maximum atomic E-state index is 4.70. The molecule has 119 valence electrons. The highest BCUT2D eigenvalue weighted by molar-refractivity contribution is 4.90. The lowest BCUT2D eigenvalue weighted by atomic mass is 9.90. The molecular weight excluding hydrogens is 242 g/mol. The second-order valence-corrected chi connectivity index (χ2v) is 6.94. The van der Waals surface area contributed by atoms with Gasteiger partial charge in [0.05, 0.1) is 0 Å². The van der Waals surface area contributed by atoms with Gasteiger partial charge in [-0.15, -0.1) is 0 Å². The van der Waals surface area contributed by atoms with Gasteiger partial charge >= 0.3 is 0 Å². The Kier molecular flexibility index (Phi) is 10.4. The molecule has 1 rings (SSSR count). The molecule has 20 heavy (non-hydrogen) atoms. The van der Waals surface area contributed by atoms with Crippen LogP contribution in [0.15, 0.2) is 0 Å². The van der Waals surface area contributed by atoms with Crippen molar-refractivity contribution in [1.29, 1.82) is 0 Å². The summed E-state index contributed by atoms with van der Waals surface area (Å²) in [6.45, 7) is 2.29. The first kappa shape index (κ1) is 18.0. The maximum Gasteiger partial charge on any atom is 0.0353 e. The predicted molar refractivity (Wildman–Crippen MR) is 90.3 cm³/mol. The van der Waals surface area contributed by atoms with Crippen molar-refractivity contribution in [3.8, 4) is 0 Å². The van der Waals surface area contributed by atoms with Crippen LogP contribution in [-0.4, -0.2) is 12.6 Å². The summed E-state index contributed by atoms with van der Waals surface area (Å²) in [5.74, 6) is 0. The fraction of sp³-hybridized carbons (Fsp3) is 1.00. The molecule has 0 aromatic heterocycles. The molecule has 1 radical (unpaired) electrons. The molecular formula is C19H38N. The van der Waals surface area contributed by atoms with E-state index < -0.39 is 0 Å². The van der Waals surface area contributed by atoms with Gasteiger partial charge < -0.3 is 0 Å². The van der Waals surface area contributed by atoms with Crippen molar-refractivity contribution in [3.63, 3.8) is 0 Å². The van der Waals surface area contributed by atoms with E-state index in [1.807, 2.05) is 7.05 Å². The van der Waals surface area contributed by atoms with Gasteiger partial charge in [0.15, 0.2) is 0 Å². The summed E-state index contributed by atoms with van der Waals surface area (Å²) in [6, 6.07) is 0. The van der Waals surface area contributed by atoms with Gasteiger partial charge in [-0.2, -0.15) is 0 Å². The van der Waals surface area contributed by atoms with Gasteiger partial charge in [0.2, 0.25) is 0 Å². The monoisotopic (exact) mass is 280 g/mol. The summed E-state index contributed by atoms with van der Waals surface area (Å²) in [6.07, 6.45) is 22.8. The number of nitrogens with zero attached hydrogens (tertiary/aromatic N) is 1. The molecule has 0 bridgehead atoms. The molecule has 0 aromatic rings. The minimum absolute atomic E-state index is 0.402. The van der Waals surface area contributed by atoms with E-state index >= 15 is 0 Å². The van der Waals surface area contributed by atoms with E-state index in [1.165, 1.54) is 103 Å². The Balaban J connectivity index is 1.83. The number of unbranched alkanes of at least 4 members (excludes halogenated alkanes) is 10. The molecule has 0 amide bonds. The van der Waals surface area contributed by atoms with Crippen molar-refractivity contribution >= 4 is 0 Å². The Hall–Kier alpha value is -0.0400. The van der Waals surface area contributed by atoms with Gasteiger partial charge in [-0.1, -0.05) is 90.4 Å². The molecule has 1 aliphatic carbocycles. The molecule has 0 aliphatic heterocycles. The van der Waals surface area contributed by atoms with Crippen LogP contribution in [0.25, 0.3) is 0 Å². The Morgan fingerprint density at radius 3 is 1.60 bits per heavy atom. The average Bonchev–Trinajstić information content (AvgIpc) is 2.94. The van der Waals surface area contributed by atoms with Crippen LogP contribution in [-0.2, 0) is 0 Å². The van der Waals surface area contributed by atoms with Gasteiger partial charge in [0.25, 0.3) is 0 Å². The highest BCUT2D eigenvalue weighted by atomic mass is 14.9. The number of hydrogen-bond donors (Lipinski definition) is 0. The van der Waals surface area contributed by atoms with Gasteiger partial charge in [-0.25, -0.2) is 5.32 Å². The molecule has 0 atom stereocenters. The van der Waals surface area contributed by atoms with E-state index in [9.17, 15) is 0 Å². The van der Waals surface area contributed by atoms with Crippen LogP contribution < -0.4 is 5.32 Å². The van der Waals surface area contributed by atoms with Crippen LogP contribution >= 0.6 is 0 Å². The van der Waals surface area contributed by atoms with Gasteiger partial charge in [0, 0.05) is 12.6 Å². The minimum atomic E-state index is 0.402. The van der Waals surface area contributed by atoms with Gasteiger partial charge in [-0.3, -0.25) is 0 Å². The summed E-state index contributed by atoms with van der Waals surface area (Å²) >= 11 is 0. The fourth-order valence-corrected chi connectivity index (χ4v) is 3.74. The Labute approximate surface area is 128 Å². The van der Waals surface area contributed by atoms with Crippen molar-refractivity contribution < 1.29 is 0 Å². The second kappa shape index (κ2) is 11.6. The third-order valence-corrected chi connectivity index (χ3v) is 5.25. The van der Waals surface area contributed by atoms with Crippen molar-refractivity contribution in [2.45, 2.75) is 115 Å². The highest BCUT2D eigenvalue weighted by Gasteiger charge is 2.32. The van der Waals surface area contributed by atoms with E-state index in [-0.39, 0.29) is 0 Å². The third-order valence-electron chi connectivity index (χ3n) is 5.25. The standard InChI is InChI=1S/C19H38N/c1-3-4-5-6-7-8-9-10-11-12-13-16-19(20-2)17-14-15-18-19/h3-18H2,1-2H3. The van der Waals surface area contributed by atoms with E-state index in [2.05, 4.69) is 6.92 Å². The minimum Gasteiger partial charge on any atom is -0.238 e. The normalized spacial score (nSPS) is 17.7. The highest BCUT2D eigenvalue weighted by Crippen LogP contribution is 2.34. The zero-order valence-corrected chi connectivity index (χ0v) is 14.3. The zero-order valence-electron chi connectivity index (χ0n) is 14.3. The molecule has 0 heterocycles. The van der Waals surface area contributed by atoms with E-state index in [1.54, 1.807) is 0 Å². The summed E-state index contributed by atoms with van der Waals surface area (Å²) in [7, 11) is 2.05. The molecule has 0 aromatic carbocycles. The maximum absolute atomic E-state index is 4.70. The molecule has 0 spiro atoms. The van der Waals surface area contributed by atoms with Crippen LogP contribution in [0, 0.1) is 0 Å². The van der Waals surface area contributed by atoms with E-state index in [4.69, 9.17) is 5.32 Å². The molecule has 1 saturated carbocycles. The van der Waals surface area contributed by atoms with Crippen molar-refractivity contribution in [1.82, 2.24) is 5.32 Å². The van der Waals surface area contributed by atoms with Crippen LogP contribution in [0.5, 0.6) is 0 Å². The molecule has 1 nitrogen and oxygen atoms in total. The fourth-order valence-electron chi connectivity index (χ4n) is 3.74. The lowest BCUT2D eigenvalue weighted by molar-refractivity contribution is 0.313. The predicted octanol–water partition coefficient (Wildman–Crippen LogP) is 6.23. The Morgan fingerprint density at radius 2 is 1.15 bits per heavy atom. The van der Waals surface area contributed by atoms with Crippen molar-refractivity contribution in [2.75, 3.05) is 7.05 Å². The van der Waals surface area contributed by atoms with Crippen molar-refractivity contribution in [2.24, 2.45) is 0 Å². The average molecular weight is 281 g/mol. The van der Waals surface area contributed by atoms with Crippen LogP contribution in [0.4, 0.5) is 0 Å². The first-order chi connectivity index (χ1) is 9.83. The number of hydrogen-bond acceptors (Lipinski definition) is 0. The SMILES string of the molecule is CCCCCCCCCCCCCC1([N]C)CCCC1. The number of rotatable bonds is 13. The molecule has 0 unspecified atom stereocenters. The molecule has 1 fully saturated rings. The summed E-state index contributed by atoms with van der Waals surface area (Å²) in [5.41, 5.74) is 0.402. The zero-order chi connectivity index (χ0) is 14.5. The second-order valence-electron chi connectivity index (χ2n) is 6.94. The largest absolute Gasteiger partial charge is 0.238 e. The lowest BCUT2D eigenvalue weighted by Gasteiger charge is -2.26. The molecule has 0 saturated heterocycles. The summed E-state index contributed by atoms with van der Waals surface area (Å²) < 4.78 is 0. The van der Waals surface area contributed by atoms with Crippen LogP contribution in [0.2, 0.25) is 0 Å². The first-order valence-electron chi connectivity index (χ1n) is 9.44. The van der Waals surface area contributed by atoms with Gasteiger partial charge in [-0.05, 0) is 19.3 Å². The Bertz CT molecular complexity index is 206. The quantitative estimate of drug-likeness (QED) is 0.355. The van der Waals surface area contributed by atoms with Crippen LogP contribution in [0.1, 0.15) is 110 Å². The third kappa shape index (κ3) is 7.67. The van der Waals surface area contributed by atoms with Crippen molar-refractivity contribution in [3.05, 3.63) is 0 Å².